The quantitative estimate of drug-likeness (QED) is 0.654. The summed E-state index contributed by atoms with van der Waals surface area (Å²) in [6, 6.07) is 7.29. The molecule has 0 atom stereocenters. The Labute approximate surface area is 143 Å². The molecule has 1 aromatic carbocycles. The van der Waals surface area contributed by atoms with Crippen LogP contribution in [-0.4, -0.2) is 37.8 Å². The van der Waals surface area contributed by atoms with E-state index in [2.05, 4.69) is 34.0 Å². The van der Waals surface area contributed by atoms with E-state index in [1.807, 2.05) is 16.6 Å². The summed E-state index contributed by atoms with van der Waals surface area (Å²) >= 11 is 7.35. The number of nitrogens with zero attached hydrogens (tertiary/aromatic N) is 5. The van der Waals surface area contributed by atoms with Gasteiger partial charge in [-0.25, -0.2) is 0 Å². The van der Waals surface area contributed by atoms with E-state index < -0.39 is 0 Å². The summed E-state index contributed by atoms with van der Waals surface area (Å²) < 4.78 is 7.54. The fourth-order valence-electron chi connectivity index (χ4n) is 2.18. The van der Waals surface area contributed by atoms with Crippen LogP contribution in [0.25, 0.3) is 4.96 Å². The average Bonchev–Trinajstić information content (AvgIpc) is 3.13. The largest absolute Gasteiger partial charge is 0.486 e. The van der Waals surface area contributed by atoms with Gasteiger partial charge in [0.15, 0.2) is 10.8 Å². The van der Waals surface area contributed by atoms with Gasteiger partial charge in [-0.1, -0.05) is 36.8 Å². The van der Waals surface area contributed by atoms with Gasteiger partial charge in [0.1, 0.15) is 12.4 Å². The number of halogens is 1. The third-order valence-electron chi connectivity index (χ3n) is 3.53. The Balaban J connectivity index is 1.70. The van der Waals surface area contributed by atoms with Crippen molar-refractivity contribution < 1.29 is 4.74 Å². The van der Waals surface area contributed by atoms with Crippen LogP contribution in [0.4, 0.5) is 0 Å². The lowest BCUT2D eigenvalue weighted by molar-refractivity contribution is 0.284. The molecule has 0 saturated heterocycles. The molecule has 8 heteroatoms. The molecule has 2 heterocycles. The van der Waals surface area contributed by atoms with E-state index in [9.17, 15) is 0 Å². The zero-order chi connectivity index (χ0) is 16.2. The van der Waals surface area contributed by atoms with Crippen LogP contribution in [0.1, 0.15) is 24.7 Å². The Kier molecular flexibility index (Phi) is 5.09. The molecule has 0 aliphatic carbocycles. The number of rotatable bonds is 7. The van der Waals surface area contributed by atoms with Gasteiger partial charge in [-0.15, -0.1) is 10.2 Å². The van der Waals surface area contributed by atoms with Gasteiger partial charge in [0, 0.05) is 5.02 Å². The highest BCUT2D eigenvalue weighted by Crippen LogP contribution is 2.19. The van der Waals surface area contributed by atoms with Crippen molar-refractivity contribution in [3.63, 3.8) is 0 Å². The number of ether oxygens (including phenoxy) is 1. The number of hydrogen-bond donors (Lipinski definition) is 0. The maximum atomic E-state index is 5.86. The van der Waals surface area contributed by atoms with E-state index in [0.717, 1.165) is 41.2 Å². The van der Waals surface area contributed by atoms with E-state index >= 15 is 0 Å². The first-order valence-electron chi connectivity index (χ1n) is 7.50. The van der Waals surface area contributed by atoms with Crippen LogP contribution in [0.5, 0.6) is 5.75 Å². The molecule has 0 amide bonds. The molecule has 3 rings (SSSR count). The first-order chi connectivity index (χ1) is 11.2. The van der Waals surface area contributed by atoms with Crippen molar-refractivity contribution in [2.75, 3.05) is 13.1 Å². The van der Waals surface area contributed by atoms with Crippen LogP contribution in [0, 0.1) is 0 Å². The Morgan fingerprint density at radius 2 is 1.91 bits per heavy atom. The zero-order valence-electron chi connectivity index (χ0n) is 13.1. The first kappa shape index (κ1) is 16.2. The number of hydrogen-bond acceptors (Lipinski definition) is 6. The van der Waals surface area contributed by atoms with E-state index in [1.165, 1.54) is 11.3 Å². The normalized spacial score (nSPS) is 11.5. The highest BCUT2D eigenvalue weighted by atomic mass is 35.5. The van der Waals surface area contributed by atoms with Gasteiger partial charge in [0.05, 0.1) is 6.54 Å². The molecule has 0 N–H and O–H groups in total. The molecule has 122 valence electrons. The van der Waals surface area contributed by atoms with Gasteiger partial charge < -0.3 is 4.74 Å². The van der Waals surface area contributed by atoms with Crippen molar-refractivity contribution in [2.45, 2.75) is 27.0 Å². The molecule has 0 bridgehead atoms. The Morgan fingerprint density at radius 3 is 2.61 bits per heavy atom. The van der Waals surface area contributed by atoms with Crippen molar-refractivity contribution in [1.82, 2.24) is 24.7 Å². The van der Waals surface area contributed by atoms with Crippen LogP contribution in [0.2, 0.25) is 5.02 Å². The van der Waals surface area contributed by atoms with E-state index in [0.29, 0.717) is 11.6 Å². The SMILES string of the molecule is CCN(CC)Cc1nnc2sc(COc3ccc(Cl)cc3)nn12. The summed E-state index contributed by atoms with van der Waals surface area (Å²) in [5.41, 5.74) is 0. The average molecular weight is 352 g/mol. The topological polar surface area (TPSA) is 55.5 Å². The van der Waals surface area contributed by atoms with Gasteiger partial charge in [-0.2, -0.15) is 9.61 Å². The van der Waals surface area contributed by atoms with Crippen LogP contribution in [0.15, 0.2) is 24.3 Å². The molecular weight excluding hydrogens is 334 g/mol. The third-order valence-corrected chi connectivity index (χ3v) is 4.66. The summed E-state index contributed by atoms with van der Waals surface area (Å²) in [5, 5.41) is 14.5. The highest BCUT2D eigenvalue weighted by molar-refractivity contribution is 7.16. The van der Waals surface area contributed by atoms with Crippen molar-refractivity contribution >= 4 is 27.9 Å². The summed E-state index contributed by atoms with van der Waals surface area (Å²) in [5.74, 6) is 1.63. The molecule has 0 aliphatic rings. The second-order valence-corrected chi connectivity index (χ2v) is 6.49. The lowest BCUT2D eigenvalue weighted by Crippen LogP contribution is -2.23. The summed E-state index contributed by atoms with van der Waals surface area (Å²) in [6.45, 7) is 7.36. The number of aromatic nitrogens is 4. The lowest BCUT2D eigenvalue weighted by Gasteiger charge is -2.15. The van der Waals surface area contributed by atoms with Crippen LogP contribution < -0.4 is 4.74 Å². The Bertz CT molecular complexity index is 766. The number of fused-ring (bicyclic) bond motifs is 1. The molecular formula is C15H18ClN5OS. The Hall–Kier alpha value is -1.70. The summed E-state index contributed by atoms with van der Waals surface area (Å²) in [7, 11) is 0. The molecule has 0 fully saturated rings. The van der Waals surface area contributed by atoms with Gasteiger partial charge in [-0.3, -0.25) is 4.90 Å². The van der Waals surface area contributed by atoms with Gasteiger partial charge >= 0.3 is 0 Å². The monoisotopic (exact) mass is 351 g/mol. The molecule has 0 radical (unpaired) electrons. The second kappa shape index (κ2) is 7.25. The summed E-state index contributed by atoms with van der Waals surface area (Å²) in [6.07, 6.45) is 0. The molecule has 6 nitrogen and oxygen atoms in total. The molecule has 0 spiro atoms. The van der Waals surface area contributed by atoms with Crippen molar-refractivity contribution in [3.8, 4) is 5.75 Å². The standard InChI is InChI=1S/C15H18ClN5OS/c1-3-20(4-2)9-13-17-18-15-21(13)19-14(23-15)10-22-12-7-5-11(16)6-8-12/h5-8H,3-4,9-10H2,1-2H3. The van der Waals surface area contributed by atoms with Crippen LogP contribution >= 0.6 is 22.9 Å². The third kappa shape index (κ3) is 3.80. The molecule has 0 unspecified atom stereocenters. The van der Waals surface area contributed by atoms with E-state index in [1.54, 1.807) is 12.1 Å². The second-order valence-electron chi connectivity index (χ2n) is 5.01. The van der Waals surface area contributed by atoms with Crippen LogP contribution in [-0.2, 0) is 13.2 Å². The minimum atomic E-state index is 0.403. The summed E-state index contributed by atoms with van der Waals surface area (Å²) in [4.78, 5) is 3.07. The first-order valence-corrected chi connectivity index (χ1v) is 8.69. The lowest BCUT2D eigenvalue weighted by atomic mass is 10.3. The van der Waals surface area contributed by atoms with Crippen molar-refractivity contribution in [2.24, 2.45) is 0 Å². The minimum Gasteiger partial charge on any atom is -0.486 e. The smallest absolute Gasteiger partial charge is 0.234 e. The maximum absolute atomic E-state index is 5.86. The van der Waals surface area contributed by atoms with Gasteiger partial charge in [0.2, 0.25) is 4.96 Å². The van der Waals surface area contributed by atoms with Crippen LogP contribution in [0.3, 0.4) is 0 Å². The molecule has 0 aliphatic heterocycles. The fourth-order valence-corrected chi connectivity index (χ4v) is 3.07. The van der Waals surface area contributed by atoms with Gasteiger partial charge in [-0.05, 0) is 37.4 Å². The molecule has 23 heavy (non-hydrogen) atoms. The highest BCUT2D eigenvalue weighted by Gasteiger charge is 2.14. The minimum absolute atomic E-state index is 0.403. The fraction of sp³-hybridized carbons (Fsp3) is 0.400. The maximum Gasteiger partial charge on any atom is 0.234 e. The predicted octanol–water partition coefficient (Wildman–Crippen LogP) is 3.26. The van der Waals surface area contributed by atoms with Crippen molar-refractivity contribution in [1.29, 1.82) is 0 Å². The molecule has 3 aromatic rings. The Morgan fingerprint density at radius 1 is 1.17 bits per heavy atom. The van der Waals surface area contributed by atoms with Crippen molar-refractivity contribution in [3.05, 3.63) is 40.1 Å². The molecule has 0 saturated carbocycles. The molecule has 2 aromatic heterocycles. The van der Waals surface area contributed by atoms with E-state index in [-0.39, 0.29) is 0 Å². The predicted molar refractivity (Wildman–Crippen MR) is 91.1 cm³/mol. The zero-order valence-corrected chi connectivity index (χ0v) is 14.6. The van der Waals surface area contributed by atoms with E-state index in [4.69, 9.17) is 16.3 Å². The number of benzene rings is 1. The van der Waals surface area contributed by atoms with Gasteiger partial charge in [0.25, 0.3) is 0 Å².